The van der Waals surface area contributed by atoms with Crippen molar-refractivity contribution >= 4 is 17.9 Å². The van der Waals surface area contributed by atoms with Gasteiger partial charge in [-0.3, -0.25) is 14.4 Å². The number of hydrogen-bond donors (Lipinski definition) is 0. The molecule has 0 radical (unpaired) electrons. The molecule has 7 heteroatoms. The van der Waals surface area contributed by atoms with Gasteiger partial charge in [0.2, 0.25) is 0 Å². The lowest BCUT2D eigenvalue weighted by molar-refractivity contribution is -0.929. The van der Waals surface area contributed by atoms with Crippen molar-refractivity contribution in [1.82, 2.24) is 0 Å². The smallest absolute Gasteiger partial charge is 0.388 e. The highest BCUT2D eigenvalue weighted by molar-refractivity contribution is 5.73. The SMILES string of the molecule is CCC[N+](CCC)(CCC)CCC(OC(=O)CC)(OC(=O)CC)OC(=O)CC. The van der Waals surface area contributed by atoms with E-state index in [1.807, 2.05) is 0 Å². The second-order valence-corrected chi connectivity index (χ2v) is 7.15. The zero-order valence-electron chi connectivity index (χ0n) is 18.7. The highest BCUT2D eigenvalue weighted by Gasteiger charge is 2.45. The highest BCUT2D eigenvalue weighted by atomic mass is 16.9. The molecule has 0 unspecified atom stereocenters. The molecule has 0 bridgehead atoms. The van der Waals surface area contributed by atoms with Crippen molar-refractivity contribution in [2.24, 2.45) is 0 Å². The average Bonchev–Trinajstić information content (AvgIpc) is 2.66. The second-order valence-electron chi connectivity index (χ2n) is 7.15. The molecule has 0 rings (SSSR count). The van der Waals surface area contributed by atoms with Crippen LogP contribution in [0.4, 0.5) is 0 Å². The Bertz CT molecular complexity index is 429. The van der Waals surface area contributed by atoms with Gasteiger partial charge in [-0.15, -0.1) is 0 Å². The summed E-state index contributed by atoms with van der Waals surface area (Å²) < 4.78 is 17.1. The van der Waals surface area contributed by atoms with E-state index in [9.17, 15) is 14.4 Å². The van der Waals surface area contributed by atoms with Crippen molar-refractivity contribution < 1.29 is 33.1 Å². The lowest BCUT2D eigenvalue weighted by Gasteiger charge is -2.41. The van der Waals surface area contributed by atoms with E-state index >= 15 is 0 Å². The van der Waals surface area contributed by atoms with E-state index in [0.29, 0.717) is 6.54 Å². The van der Waals surface area contributed by atoms with Gasteiger partial charge in [-0.05, 0) is 19.3 Å². The summed E-state index contributed by atoms with van der Waals surface area (Å²) in [5.74, 6) is -3.72. The fraction of sp³-hybridized carbons (Fsp3) is 0.857. The third-order valence-corrected chi connectivity index (χ3v) is 4.66. The third-order valence-electron chi connectivity index (χ3n) is 4.66. The summed E-state index contributed by atoms with van der Waals surface area (Å²) in [7, 11) is 0. The van der Waals surface area contributed by atoms with Crippen LogP contribution in [0.5, 0.6) is 0 Å². The van der Waals surface area contributed by atoms with Gasteiger partial charge in [0.25, 0.3) is 0 Å². The average molecular weight is 403 g/mol. The summed E-state index contributed by atoms with van der Waals surface area (Å²) in [5, 5.41) is 0. The van der Waals surface area contributed by atoms with Gasteiger partial charge in [-0.25, -0.2) is 0 Å². The molecule has 0 atom stereocenters. The molecule has 0 saturated heterocycles. The number of esters is 3. The first-order valence-corrected chi connectivity index (χ1v) is 10.8. The van der Waals surface area contributed by atoms with Crippen molar-refractivity contribution in [3.05, 3.63) is 0 Å². The molecule has 28 heavy (non-hydrogen) atoms. The van der Waals surface area contributed by atoms with Crippen LogP contribution in [0.1, 0.15) is 86.5 Å². The number of carbonyl (C=O) groups excluding carboxylic acids is 3. The molecule has 0 saturated carbocycles. The Morgan fingerprint density at radius 2 is 0.929 bits per heavy atom. The van der Waals surface area contributed by atoms with Crippen molar-refractivity contribution in [2.75, 3.05) is 26.2 Å². The van der Waals surface area contributed by atoms with Crippen LogP contribution in [0, 0.1) is 0 Å². The van der Waals surface area contributed by atoms with Crippen LogP contribution in [0.15, 0.2) is 0 Å². The molecular formula is C21H40NO6+. The van der Waals surface area contributed by atoms with Gasteiger partial charge in [0.05, 0.1) is 26.2 Å². The molecule has 0 fully saturated rings. The van der Waals surface area contributed by atoms with Gasteiger partial charge < -0.3 is 18.7 Å². The lowest BCUT2D eigenvalue weighted by Crippen LogP contribution is -2.54. The summed E-state index contributed by atoms with van der Waals surface area (Å²) in [6.07, 6.45) is 3.41. The number of ether oxygens (including phenoxy) is 3. The molecule has 0 spiro atoms. The Labute approximate surface area is 170 Å². The van der Waals surface area contributed by atoms with Gasteiger partial charge in [0.15, 0.2) is 0 Å². The maximum absolute atomic E-state index is 12.1. The first-order chi connectivity index (χ1) is 13.3. The maximum Gasteiger partial charge on any atom is 0.429 e. The third kappa shape index (κ3) is 9.04. The molecule has 0 aromatic carbocycles. The van der Waals surface area contributed by atoms with Crippen LogP contribution in [0.3, 0.4) is 0 Å². The monoisotopic (exact) mass is 402 g/mol. The van der Waals surface area contributed by atoms with Crippen molar-refractivity contribution in [1.29, 1.82) is 0 Å². The molecule has 0 aliphatic carbocycles. The zero-order chi connectivity index (χ0) is 21.6. The number of hydrogen-bond acceptors (Lipinski definition) is 6. The largest absolute Gasteiger partial charge is 0.429 e. The molecule has 0 N–H and O–H groups in total. The number of nitrogens with zero attached hydrogens (tertiary/aromatic N) is 1. The quantitative estimate of drug-likeness (QED) is 0.235. The standard InChI is InChI=1S/C21H40NO6/c1-7-14-22(15-8-2,16-9-3)17-13-21(26-18(23)10-4,27-19(24)11-5)28-20(25)12-6/h7-17H2,1-6H3/q+1. The Balaban J connectivity index is 5.83. The normalized spacial score (nSPS) is 11.8. The van der Waals surface area contributed by atoms with Crippen LogP contribution >= 0.6 is 0 Å². The number of quaternary nitrogens is 1. The summed E-state index contributed by atoms with van der Waals surface area (Å²) in [6, 6.07) is 0. The molecular weight excluding hydrogens is 362 g/mol. The number of rotatable bonds is 15. The van der Waals surface area contributed by atoms with E-state index in [-0.39, 0.29) is 25.7 Å². The van der Waals surface area contributed by atoms with Crippen molar-refractivity contribution in [3.8, 4) is 0 Å². The molecule has 0 aromatic rings. The predicted molar refractivity (Wildman–Crippen MR) is 107 cm³/mol. The maximum atomic E-state index is 12.1. The Morgan fingerprint density at radius 1 is 0.607 bits per heavy atom. The van der Waals surface area contributed by atoms with Gasteiger partial charge in [-0.1, -0.05) is 41.5 Å². The van der Waals surface area contributed by atoms with Crippen molar-refractivity contribution in [2.45, 2.75) is 92.5 Å². The Kier molecular flexibility index (Phi) is 12.7. The summed E-state index contributed by atoms with van der Waals surface area (Å²) in [5.41, 5.74) is 0. The van der Waals surface area contributed by atoms with Gasteiger partial charge in [0.1, 0.15) is 6.42 Å². The molecule has 0 amide bonds. The highest BCUT2D eigenvalue weighted by Crippen LogP contribution is 2.26. The fourth-order valence-electron chi connectivity index (χ4n) is 3.42. The van der Waals surface area contributed by atoms with E-state index in [1.165, 1.54) is 0 Å². The van der Waals surface area contributed by atoms with E-state index in [2.05, 4.69) is 20.8 Å². The predicted octanol–water partition coefficient (Wildman–Crippen LogP) is 3.94. The first kappa shape index (κ1) is 26.4. The Hall–Kier alpha value is -1.63. The Morgan fingerprint density at radius 3 is 1.18 bits per heavy atom. The van der Waals surface area contributed by atoms with Crippen molar-refractivity contribution in [3.63, 3.8) is 0 Å². The van der Waals surface area contributed by atoms with E-state index in [0.717, 1.165) is 43.4 Å². The zero-order valence-corrected chi connectivity index (χ0v) is 18.7. The van der Waals surface area contributed by atoms with Gasteiger partial charge in [-0.2, -0.15) is 0 Å². The van der Waals surface area contributed by atoms with E-state index in [4.69, 9.17) is 14.2 Å². The van der Waals surface area contributed by atoms with Crippen LogP contribution in [-0.4, -0.2) is 54.5 Å². The van der Waals surface area contributed by atoms with E-state index < -0.39 is 23.9 Å². The minimum atomic E-state index is -1.99. The minimum absolute atomic E-state index is 0.0913. The molecule has 0 aliphatic rings. The molecule has 164 valence electrons. The number of carbonyl (C=O) groups is 3. The topological polar surface area (TPSA) is 78.9 Å². The lowest BCUT2D eigenvalue weighted by atomic mass is 10.2. The summed E-state index contributed by atoms with van der Waals surface area (Å²) >= 11 is 0. The molecule has 7 nitrogen and oxygen atoms in total. The first-order valence-electron chi connectivity index (χ1n) is 10.8. The second kappa shape index (κ2) is 13.5. The summed E-state index contributed by atoms with van der Waals surface area (Å²) in [6.45, 7) is 14.8. The molecule has 0 aromatic heterocycles. The van der Waals surface area contributed by atoms with Gasteiger partial charge >= 0.3 is 23.9 Å². The van der Waals surface area contributed by atoms with Crippen LogP contribution < -0.4 is 0 Å². The molecule has 0 heterocycles. The summed E-state index contributed by atoms with van der Waals surface area (Å²) in [4.78, 5) is 36.2. The van der Waals surface area contributed by atoms with Crippen LogP contribution in [0.25, 0.3) is 0 Å². The minimum Gasteiger partial charge on any atom is -0.388 e. The van der Waals surface area contributed by atoms with Crippen LogP contribution in [0.2, 0.25) is 0 Å². The fourth-order valence-corrected chi connectivity index (χ4v) is 3.42. The van der Waals surface area contributed by atoms with Crippen LogP contribution in [-0.2, 0) is 28.6 Å². The van der Waals surface area contributed by atoms with Gasteiger partial charge in [0, 0.05) is 19.3 Å². The van der Waals surface area contributed by atoms with E-state index in [1.54, 1.807) is 20.8 Å². The molecule has 0 aliphatic heterocycles.